The van der Waals surface area contributed by atoms with E-state index in [1.807, 2.05) is 12.1 Å². The third-order valence-electron chi connectivity index (χ3n) is 5.71. The number of rotatable bonds is 6. The van der Waals surface area contributed by atoms with Crippen LogP contribution in [0.4, 0.5) is 5.82 Å². The molecule has 158 valence electrons. The number of piperidine rings is 1. The molecular formula is C21H25N5O4. The van der Waals surface area contributed by atoms with E-state index in [1.54, 1.807) is 4.90 Å². The van der Waals surface area contributed by atoms with Gasteiger partial charge < -0.3 is 20.8 Å². The van der Waals surface area contributed by atoms with E-state index < -0.39 is 18.2 Å². The number of amides is 1. The number of hydrogen-bond acceptors (Lipinski definition) is 7. The van der Waals surface area contributed by atoms with Crippen molar-refractivity contribution >= 4 is 17.7 Å². The van der Waals surface area contributed by atoms with Gasteiger partial charge in [-0.2, -0.15) is 0 Å². The van der Waals surface area contributed by atoms with Crippen LogP contribution in [0, 0.1) is 5.92 Å². The van der Waals surface area contributed by atoms with Gasteiger partial charge >= 0.3 is 5.97 Å². The molecule has 0 bridgehead atoms. The van der Waals surface area contributed by atoms with Crippen molar-refractivity contribution in [3.8, 4) is 0 Å². The maximum atomic E-state index is 12.8. The number of aromatic nitrogens is 2. The van der Waals surface area contributed by atoms with Crippen LogP contribution in [0.2, 0.25) is 0 Å². The summed E-state index contributed by atoms with van der Waals surface area (Å²) in [6, 6.07) is 8.09. The van der Waals surface area contributed by atoms with Crippen LogP contribution >= 0.6 is 0 Å². The summed E-state index contributed by atoms with van der Waals surface area (Å²) in [5.74, 6) is -1.60. The zero-order chi connectivity index (χ0) is 21.1. The summed E-state index contributed by atoms with van der Waals surface area (Å²) in [4.78, 5) is 34.1. The lowest BCUT2D eigenvalue weighted by atomic mass is 9.98. The molecule has 2 aliphatic rings. The average molecular weight is 411 g/mol. The van der Waals surface area contributed by atoms with Gasteiger partial charge in [-0.15, -0.1) is 0 Å². The fourth-order valence-corrected chi connectivity index (χ4v) is 4.17. The third kappa shape index (κ3) is 4.42. The topological polar surface area (TPSA) is 128 Å². The standard InChI is InChI=1S/C21H25N5O4/c27-19(24-16-10-13-4-1-2-5-14(13)11-16)17-18(23-8-7-22-17)25-21(30)26-9-3-6-15(12-26)20(28)29/h1-2,4-5,7-8,15-16,21,30H,3,6,9-12H2,(H,23,25)(H,24,27)(H,28,29). The highest BCUT2D eigenvalue weighted by Gasteiger charge is 2.30. The van der Waals surface area contributed by atoms with Crippen LogP contribution in [0.1, 0.15) is 34.5 Å². The van der Waals surface area contributed by atoms with Crippen LogP contribution in [0.3, 0.4) is 0 Å². The summed E-state index contributed by atoms with van der Waals surface area (Å²) in [5, 5.41) is 25.6. The second-order valence-electron chi connectivity index (χ2n) is 7.79. The molecule has 1 aromatic heterocycles. The molecule has 2 atom stereocenters. The SMILES string of the molecule is O=C(NC1Cc2ccccc2C1)c1nccnc1NC(O)N1CCCC(C(=O)O)C1. The molecule has 1 aliphatic heterocycles. The number of fused-ring (bicyclic) bond motifs is 1. The van der Waals surface area contributed by atoms with E-state index in [-0.39, 0.29) is 30.0 Å². The fraction of sp³-hybridized carbons (Fsp3) is 0.429. The lowest BCUT2D eigenvalue weighted by Crippen LogP contribution is -2.48. The number of nitrogens with zero attached hydrogens (tertiary/aromatic N) is 3. The molecule has 1 aromatic carbocycles. The molecule has 2 unspecified atom stereocenters. The van der Waals surface area contributed by atoms with Crippen LogP contribution in [0.5, 0.6) is 0 Å². The summed E-state index contributed by atoms with van der Waals surface area (Å²) < 4.78 is 0. The second kappa shape index (κ2) is 8.76. The number of hydrogen-bond donors (Lipinski definition) is 4. The van der Waals surface area contributed by atoms with E-state index in [0.29, 0.717) is 19.4 Å². The zero-order valence-corrected chi connectivity index (χ0v) is 16.5. The number of nitrogens with one attached hydrogen (secondary N) is 2. The number of benzene rings is 1. The van der Waals surface area contributed by atoms with Gasteiger partial charge in [-0.3, -0.25) is 14.5 Å². The van der Waals surface area contributed by atoms with Crippen molar-refractivity contribution in [1.29, 1.82) is 0 Å². The first-order valence-corrected chi connectivity index (χ1v) is 10.1. The number of aliphatic carboxylic acids is 1. The van der Waals surface area contributed by atoms with Gasteiger partial charge in [0.05, 0.1) is 5.92 Å². The Balaban J connectivity index is 1.41. The molecule has 4 N–H and O–H groups in total. The second-order valence-corrected chi connectivity index (χ2v) is 7.79. The Bertz CT molecular complexity index is 912. The first-order chi connectivity index (χ1) is 14.5. The van der Waals surface area contributed by atoms with Gasteiger partial charge in [0.1, 0.15) is 0 Å². The molecule has 0 spiro atoms. The normalized spacial score (nSPS) is 20.4. The van der Waals surface area contributed by atoms with Gasteiger partial charge in [0.15, 0.2) is 17.9 Å². The van der Waals surface area contributed by atoms with Crippen molar-refractivity contribution in [2.75, 3.05) is 18.4 Å². The maximum absolute atomic E-state index is 12.8. The van der Waals surface area contributed by atoms with Crippen LogP contribution in [0.25, 0.3) is 0 Å². The van der Waals surface area contributed by atoms with Gasteiger partial charge in [0, 0.05) is 31.5 Å². The largest absolute Gasteiger partial charge is 0.481 e. The van der Waals surface area contributed by atoms with E-state index >= 15 is 0 Å². The lowest BCUT2D eigenvalue weighted by Gasteiger charge is -2.34. The van der Waals surface area contributed by atoms with E-state index in [4.69, 9.17) is 0 Å². The van der Waals surface area contributed by atoms with Gasteiger partial charge in [-0.05, 0) is 36.8 Å². The fourth-order valence-electron chi connectivity index (χ4n) is 4.17. The Labute approximate surface area is 174 Å². The minimum absolute atomic E-state index is 0.0203. The van der Waals surface area contributed by atoms with Crippen molar-refractivity contribution in [3.05, 3.63) is 53.5 Å². The summed E-state index contributed by atoms with van der Waals surface area (Å²) in [7, 11) is 0. The molecule has 30 heavy (non-hydrogen) atoms. The molecule has 4 rings (SSSR count). The van der Waals surface area contributed by atoms with E-state index in [9.17, 15) is 19.8 Å². The summed E-state index contributed by atoms with van der Waals surface area (Å²) in [6.45, 7) is 0.783. The van der Waals surface area contributed by atoms with Crippen molar-refractivity contribution < 1.29 is 19.8 Å². The number of carbonyl (C=O) groups excluding carboxylic acids is 1. The summed E-state index contributed by atoms with van der Waals surface area (Å²) in [6.07, 6.45) is 4.49. The highest BCUT2D eigenvalue weighted by molar-refractivity contribution is 5.97. The highest BCUT2D eigenvalue weighted by atomic mass is 16.4. The minimum atomic E-state index is -1.16. The molecule has 0 saturated carbocycles. The summed E-state index contributed by atoms with van der Waals surface area (Å²) in [5.41, 5.74) is 2.56. The van der Waals surface area contributed by atoms with Gasteiger partial charge in [0.2, 0.25) is 0 Å². The molecule has 2 heterocycles. The van der Waals surface area contributed by atoms with Crippen molar-refractivity contribution in [2.45, 2.75) is 38.1 Å². The molecule has 1 fully saturated rings. The Morgan fingerprint density at radius 3 is 2.53 bits per heavy atom. The highest BCUT2D eigenvalue weighted by Crippen LogP contribution is 2.23. The number of anilines is 1. The molecule has 9 nitrogen and oxygen atoms in total. The molecule has 1 aliphatic carbocycles. The van der Waals surface area contributed by atoms with Crippen LogP contribution < -0.4 is 10.6 Å². The number of carboxylic acids is 1. The number of aliphatic hydroxyl groups excluding tert-OH is 1. The van der Waals surface area contributed by atoms with E-state index in [1.165, 1.54) is 23.5 Å². The van der Waals surface area contributed by atoms with Gasteiger partial charge in [-0.25, -0.2) is 9.97 Å². The first kappa shape index (κ1) is 20.2. The Morgan fingerprint density at radius 1 is 1.13 bits per heavy atom. The predicted octanol–water partition coefficient (Wildman–Crippen LogP) is 0.858. The lowest BCUT2D eigenvalue weighted by molar-refractivity contribution is -0.145. The monoisotopic (exact) mass is 411 g/mol. The number of carboxylic acid groups (broad SMARTS) is 1. The third-order valence-corrected chi connectivity index (χ3v) is 5.71. The summed E-state index contributed by atoms with van der Waals surface area (Å²) >= 11 is 0. The average Bonchev–Trinajstić information content (AvgIpc) is 3.16. The van der Waals surface area contributed by atoms with Crippen LogP contribution in [0.15, 0.2) is 36.7 Å². The van der Waals surface area contributed by atoms with Gasteiger partial charge in [0.25, 0.3) is 5.91 Å². The molecular weight excluding hydrogens is 386 g/mol. The molecule has 1 amide bonds. The molecule has 0 radical (unpaired) electrons. The van der Waals surface area contributed by atoms with Crippen LogP contribution in [-0.4, -0.2) is 62.4 Å². The number of carbonyl (C=O) groups is 2. The maximum Gasteiger partial charge on any atom is 0.307 e. The van der Waals surface area contributed by atoms with Crippen LogP contribution in [-0.2, 0) is 17.6 Å². The molecule has 1 saturated heterocycles. The van der Waals surface area contributed by atoms with Crippen molar-refractivity contribution in [3.63, 3.8) is 0 Å². The number of aliphatic hydroxyl groups is 1. The van der Waals surface area contributed by atoms with E-state index in [2.05, 4.69) is 32.7 Å². The predicted molar refractivity (Wildman–Crippen MR) is 109 cm³/mol. The zero-order valence-electron chi connectivity index (χ0n) is 16.5. The first-order valence-electron chi connectivity index (χ1n) is 10.1. The molecule has 9 heteroatoms. The smallest absolute Gasteiger partial charge is 0.307 e. The van der Waals surface area contributed by atoms with Crippen molar-refractivity contribution in [2.24, 2.45) is 5.92 Å². The Morgan fingerprint density at radius 2 is 1.83 bits per heavy atom. The number of likely N-dealkylation sites (tertiary alicyclic amines) is 1. The van der Waals surface area contributed by atoms with Crippen molar-refractivity contribution in [1.82, 2.24) is 20.2 Å². The Hall–Kier alpha value is -3.04. The quantitative estimate of drug-likeness (QED) is 0.516. The molecule has 2 aromatic rings. The van der Waals surface area contributed by atoms with E-state index in [0.717, 1.165) is 12.8 Å². The minimum Gasteiger partial charge on any atom is -0.481 e. The van der Waals surface area contributed by atoms with Gasteiger partial charge in [-0.1, -0.05) is 24.3 Å². The Kier molecular flexibility index (Phi) is 5.91.